The topological polar surface area (TPSA) is 90.1 Å². The number of aromatic nitrogens is 2. The molecule has 0 aliphatic carbocycles. The molecule has 6 nitrogen and oxygen atoms in total. The van der Waals surface area contributed by atoms with Gasteiger partial charge >= 0.3 is 5.69 Å². The quantitative estimate of drug-likeness (QED) is 0.776. The second-order valence-electron chi connectivity index (χ2n) is 3.73. The fraction of sp³-hybridized carbons (Fsp3) is 0.273. The lowest BCUT2D eigenvalue weighted by Crippen LogP contribution is -2.40. The molecule has 0 saturated heterocycles. The van der Waals surface area contributed by atoms with Gasteiger partial charge in [0.2, 0.25) is 0 Å². The highest BCUT2D eigenvalue weighted by atomic mass is 16.5. The van der Waals surface area contributed by atoms with Crippen molar-refractivity contribution < 1.29 is 4.74 Å². The van der Waals surface area contributed by atoms with Crippen LogP contribution in [0.2, 0.25) is 0 Å². The lowest BCUT2D eigenvalue weighted by molar-refractivity contribution is 0.418. The Balaban J connectivity index is 2.96. The van der Waals surface area contributed by atoms with E-state index < -0.39 is 17.4 Å². The minimum atomic E-state index is -0.679. The second-order valence-corrected chi connectivity index (χ2v) is 3.73. The fourth-order valence-corrected chi connectivity index (χ4v) is 1.77. The Kier molecular flexibility index (Phi) is 2.72. The molecule has 17 heavy (non-hydrogen) atoms. The molecule has 0 aliphatic heterocycles. The second kappa shape index (κ2) is 4.06. The minimum absolute atomic E-state index is 0.376. The summed E-state index contributed by atoms with van der Waals surface area (Å²) in [6, 6.07) is 4.98. The first-order valence-corrected chi connectivity index (χ1v) is 5.13. The fourth-order valence-electron chi connectivity index (χ4n) is 1.77. The molecule has 0 amide bonds. The van der Waals surface area contributed by atoms with Gasteiger partial charge in [-0.2, -0.15) is 0 Å². The van der Waals surface area contributed by atoms with Crippen molar-refractivity contribution in [1.82, 2.24) is 9.55 Å². The Morgan fingerprint density at radius 3 is 2.71 bits per heavy atom. The van der Waals surface area contributed by atoms with Gasteiger partial charge in [-0.1, -0.05) is 6.07 Å². The highest BCUT2D eigenvalue weighted by Crippen LogP contribution is 2.19. The van der Waals surface area contributed by atoms with E-state index in [1.807, 2.05) is 0 Å². The van der Waals surface area contributed by atoms with Crippen molar-refractivity contribution in [2.45, 2.75) is 13.1 Å². The van der Waals surface area contributed by atoms with Crippen LogP contribution < -0.4 is 21.7 Å². The summed E-state index contributed by atoms with van der Waals surface area (Å²) >= 11 is 0. The molecule has 0 aliphatic rings. The molecule has 1 heterocycles. The zero-order valence-corrected chi connectivity index (χ0v) is 9.56. The van der Waals surface area contributed by atoms with Crippen molar-refractivity contribution in [3.63, 3.8) is 0 Å². The monoisotopic (exact) mass is 235 g/mol. The highest BCUT2D eigenvalue weighted by Gasteiger charge is 2.12. The van der Waals surface area contributed by atoms with Gasteiger partial charge < -0.3 is 15.5 Å². The predicted molar refractivity (Wildman–Crippen MR) is 64.3 cm³/mol. The Hall–Kier alpha value is -2.08. The Labute approximate surface area is 96.6 Å². The Bertz CT molecular complexity index is 670. The molecular weight excluding hydrogens is 222 g/mol. The average Bonchev–Trinajstić information content (AvgIpc) is 2.28. The molecule has 1 aromatic heterocycles. The van der Waals surface area contributed by atoms with Crippen molar-refractivity contribution in [2.24, 2.45) is 5.73 Å². The molecule has 2 aromatic rings. The van der Waals surface area contributed by atoms with Crippen LogP contribution in [-0.2, 0) is 0 Å². The van der Waals surface area contributed by atoms with E-state index in [-0.39, 0.29) is 0 Å². The van der Waals surface area contributed by atoms with Gasteiger partial charge in [-0.05, 0) is 19.1 Å². The van der Waals surface area contributed by atoms with E-state index in [0.717, 1.165) is 4.57 Å². The third-order valence-corrected chi connectivity index (χ3v) is 2.55. The van der Waals surface area contributed by atoms with Crippen LogP contribution in [0, 0.1) is 0 Å². The summed E-state index contributed by atoms with van der Waals surface area (Å²) < 4.78 is 6.06. The molecule has 0 spiro atoms. The summed E-state index contributed by atoms with van der Waals surface area (Å²) in [5, 5.41) is 0.376. The normalized spacial score (nSPS) is 12.6. The molecule has 1 aromatic carbocycles. The first-order chi connectivity index (χ1) is 8.06. The van der Waals surface area contributed by atoms with E-state index in [4.69, 9.17) is 10.5 Å². The van der Waals surface area contributed by atoms with Crippen LogP contribution in [0.25, 0.3) is 10.9 Å². The lowest BCUT2D eigenvalue weighted by Gasteiger charge is -2.10. The number of H-pyrrole nitrogens is 1. The van der Waals surface area contributed by atoms with Crippen molar-refractivity contribution in [3.8, 4) is 5.75 Å². The van der Waals surface area contributed by atoms with Gasteiger partial charge in [0.25, 0.3) is 5.56 Å². The maximum absolute atomic E-state index is 12.1. The zero-order chi connectivity index (χ0) is 12.6. The number of nitrogens with one attached hydrogen (secondary N) is 1. The number of benzene rings is 1. The predicted octanol–water partition coefficient (Wildman–Crippen LogP) is 0.176. The van der Waals surface area contributed by atoms with E-state index in [2.05, 4.69) is 4.98 Å². The standard InChI is InChI=1S/C11H13N3O3/c1-6(12)14-10(15)7-4-3-5-8(17-2)9(7)13-11(14)16/h3-6H,12H2,1-2H3,(H,13,16). The number of methoxy groups -OCH3 is 1. The van der Waals surface area contributed by atoms with Gasteiger partial charge in [0.05, 0.1) is 24.2 Å². The van der Waals surface area contributed by atoms with Gasteiger partial charge in [0.15, 0.2) is 0 Å². The average molecular weight is 235 g/mol. The number of nitrogens with zero attached hydrogens (tertiary/aromatic N) is 1. The minimum Gasteiger partial charge on any atom is -0.495 e. The molecule has 0 fully saturated rings. The summed E-state index contributed by atoms with van der Waals surface area (Å²) in [5.74, 6) is 0.452. The van der Waals surface area contributed by atoms with Crippen LogP contribution in [0.3, 0.4) is 0 Å². The van der Waals surface area contributed by atoms with Crippen molar-refractivity contribution in [1.29, 1.82) is 0 Å². The van der Waals surface area contributed by atoms with Crippen molar-refractivity contribution in [3.05, 3.63) is 39.0 Å². The third kappa shape index (κ3) is 1.72. The summed E-state index contributed by atoms with van der Waals surface area (Å²) in [6.07, 6.45) is -0.679. The molecule has 90 valence electrons. The maximum Gasteiger partial charge on any atom is 0.330 e. The molecule has 0 radical (unpaired) electrons. The molecule has 1 atom stereocenters. The van der Waals surface area contributed by atoms with E-state index in [0.29, 0.717) is 16.7 Å². The number of hydrogen-bond donors (Lipinski definition) is 2. The largest absolute Gasteiger partial charge is 0.495 e. The van der Waals surface area contributed by atoms with Crippen LogP contribution in [-0.4, -0.2) is 16.7 Å². The zero-order valence-electron chi connectivity index (χ0n) is 9.56. The molecule has 2 rings (SSSR count). The summed E-state index contributed by atoms with van der Waals surface area (Å²) in [6.45, 7) is 1.57. The van der Waals surface area contributed by atoms with Crippen LogP contribution in [0.4, 0.5) is 0 Å². The molecule has 1 unspecified atom stereocenters. The van der Waals surface area contributed by atoms with E-state index in [1.54, 1.807) is 25.1 Å². The van der Waals surface area contributed by atoms with Gasteiger partial charge in [-0.15, -0.1) is 0 Å². The number of rotatable bonds is 2. The molecule has 0 saturated carbocycles. The first-order valence-electron chi connectivity index (χ1n) is 5.13. The molecular formula is C11H13N3O3. The van der Waals surface area contributed by atoms with E-state index in [1.165, 1.54) is 7.11 Å². The van der Waals surface area contributed by atoms with Gasteiger partial charge in [-0.25, -0.2) is 9.36 Å². The Morgan fingerprint density at radius 2 is 2.12 bits per heavy atom. The number of fused-ring (bicyclic) bond motifs is 1. The smallest absolute Gasteiger partial charge is 0.330 e. The van der Waals surface area contributed by atoms with Crippen LogP contribution in [0.1, 0.15) is 13.1 Å². The number of para-hydroxylation sites is 1. The summed E-state index contributed by atoms with van der Waals surface area (Å²) in [4.78, 5) is 26.4. The van der Waals surface area contributed by atoms with E-state index in [9.17, 15) is 9.59 Å². The molecule has 3 N–H and O–H groups in total. The van der Waals surface area contributed by atoms with E-state index >= 15 is 0 Å². The number of ether oxygens (including phenoxy) is 1. The van der Waals surface area contributed by atoms with Gasteiger partial charge in [0, 0.05) is 0 Å². The maximum atomic E-state index is 12.1. The van der Waals surface area contributed by atoms with Gasteiger partial charge in [-0.3, -0.25) is 4.79 Å². The summed E-state index contributed by atoms with van der Waals surface area (Å²) in [5.41, 5.74) is 5.02. The van der Waals surface area contributed by atoms with Gasteiger partial charge in [0.1, 0.15) is 5.75 Å². The molecule has 0 bridgehead atoms. The summed E-state index contributed by atoms with van der Waals surface area (Å²) in [7, 11) is 1.48. The molecule has 6 heteroatoms. The third-order valence-electron chi connectivity index (χ3n) is 2.55. The van der Waals surface area contributed by atoms with Crippen LogP contribution >= 0.6 is 0 Å². The SMILES string of the molecule is COc1cccc2c(=O)n(C(C)N)c(=O)[nH]c12. The highest BCUT2D eigenvalue weighted by molar-refractivity contribution is 5.83. The van der Waals surface area contributed by atoms with Crippen LogP contribution in [0.15, 0.2) is 27.8 Å². The van der Waals surface area contributed by atoms with Crippen molar-refractivity contribution >= 4 is 10.9 Å². The Morgan fingerprint density at radius 1 is 1.41 bits per heavy atom. The number of aromatic amines is 1. The first kappa shape index (κ1) is 11.4. The number of nitrogens with two attached hydrogens (primary N) is 1. The van der Waals surface area contributed by atoms with Crippen molar-refractivity contribution in [2.75, 3.05) is 7.11 Å². The number of hydrogen-bond acceptors (Lipinski definition) is 4. The lowest BCUT2D eigenvalue weighted by atomic mass is 10.2. The van der Waals surface area contributed by atoms with Crippen LogP contribution in [0.5, 0.6) is 5.75 Å².